The average molecular weight is 476 g/mol. The topological polar surface area (TPSA) is 91.2 Å². The lowest BCUT2D eigenvalue weighted by Gasteiger charge is -2.18. The molecule has 1 aromatic carbocycles. The Balaban J connectivity index is 1.73. The Hall–Kier alpha value is -2.59. The Kier molecular flexibility index (Phi) is 8.14. The number of carbonyl (C=O) groups excluding carboxylic acids is 1. The van der Waals surface area contributed by atoms with Crippen LogP contribution in [0.5, 0.6) is 11.5 Å². The summed E-state index contributed by atoms with van der Waals surface area (Å²) in [6, 6.07) is 7.43. The quantitative estimate of drug-likeness (QED) is 0.414. The molecule has 10 heteroatoms. The fraction of sp³-hybridized carbons (Fsp3) is 0.455. The molecule has 0 aliphatic heterocycles. The summed E-state index contributed by atoms with van der Waals surface area (Å²) in [5.41, 5.74) is 0.887. The number of rotatable bonds is 10. The third-order valence-corrected chi connectivity index (χ3v) is 6.49. The summed E-state index contributed by atoms with van der Waals surface area (Å²) in [5.74, 6) is 2.47. The van der Waals surface area contributed by atoms with E-state index in [1.165, 1.54) is 23.1 Å². The number of carbonyl (C=O) groups is 1. The number of benzene rings is 1. The number of ether oxygens (including phenoxy) is 2. The Labute approximate surface area is 196 Å². The molecule has 0 saturated carbocycles. The Morgan fingerprint density at radius 1 is 1.16 bits per heavy atom. The van der Waals surface area contributed by atoms with Gasteiger partial charge in [-0.05, 0) is 51.0 Å². The zero-order valence-electron chi connectivity index (χ0n) is 19.2. The number of aryl methyl sites for hydroxylation is 1. The summed E-state index contributed by atoms with van der Waals surface area (Å²) >= 11 is 2.79. The molecule has 3 rings (SSSR count). The van der Waals surface area contributed by atoms with Crippen LogP contribution in [-0.2, 0) is 11.3 Å². The molecule has 0 radical (unpaired) electrons. The highest BCUT2D eigenvalue weighted by molar-refractivity contribution is 8.00. The molecule has 0 saturated heterocycles. The highest BCUT2D eigenvalue weighted by atomic mass is 32.2. The van der Waals surface area contributed by atoms with E-state index in [2.05, 4.69) is 34.3 Å². The van der Waals surface area contributed by atoms with Crippen LogP contribution in [0, 0.1) is 12.8 Å². The Bertz CT molecular complexity index is 1030. The molecule has 2 atom stereocenters. The highest BCUT2D eigenvalue weighted by Gasteiger charge is 2.24. The summed E-state index contributed by atoms with van der Waals surface area (Å²) in [6.07, 6.45) is -0.313. The van der Waals surface area contributed by atoms with Gasteiger partial charge in [0.05, 0.1) is 18.1 Å². The number of methoxy groups -OCH3 is 1. The van der Waals surface area contributed by atoms with Crippen LogP contribution in [0.2, 0.25) is 0 Å². The van der Waals surface area contributed by atoms with E-state index in [4.69, 9.17) is 9.47 Å². The lowest BCUT2D eigenvalue weighted by Crippen LogP contribution is -2.23. The van der Waals surface area contributed by atoms with Gasteiger partial charge in [-0.3, -0.25) is 4.79 Å². The molecular weight excluding hydrogens is 446 g/mol. The van der Waals surface area contributed by atoms with Crippen molar-refractivity contribution in [1.29, 1.82) is 0 Å². The number of amides is 1. The number of nitrogens with zero attached hydrogens (tertiary/aromatic N) is 4. The Morgan fingerprint density at radius 2 is 1.84 bits per heavy atom. The van der Waals surface area contributed by atoms with Gasteiger partial charge in [0.15, 0.2) is 22.2 Å². The van der Waals surface area contributed by atoms with E-state index < -0.39 is 0 Å². The fourth-order valence-electron chi connectivity index (χ4n) is 2.97. The summed E-state index contributed by atoms with van der Waals surface area (Å²) in [7, 11) is 1.63. The van der Waals surface area contributed by atoms with Crippen LogP contribution in [0.4, 0.5) is 5.13 Å². The zero-order valence-corrected chi connectivity index (χ0v) is 20.8. The van der Waals surface area contributed by atoms with Gasteiger partial charge in [0, 0.05) is 11.9 Å². The van der Waals surface area contributed by atoms with Crippen molar-refractivity contribution in [2.75, 3.05) is 12.4 Å². The highest BCUT2D eigenvalue weighted by Crippen LogP contribution is 2.29. The number of thiazole rings is 1. The first kappa shape index (κ1) is 24.1. The third kappa shape index (κ3) is 6.23. The van der Waals surface area contributed by atoms with Crippen molar-refractivity contribution in [1.82, 2.24) is 19.7 Å². The molecule has 3 aromatic rings. The Morgan fingerprint density at radius 3 is 2.44 bits per heavy atom. The first-order valence-electron chi connectivity index (χ1n) is 10.4. The number of hydrogen-bond donors (Lipinski definition) is 1. The van der Waals surface area contributed by atoms with E-state index in [0.717, 1.165) is 29.6 Å². The van der Waals surface area contributed by atoms with Crippen LogP contribution >= 0.6 is 23.1 Å². The molecule has 0 spiro atoms. The molecule has 1 N–H and O–H groups in total. The number of nitrogens with one attached hydrogen (secondary N) is 1. The maximum atomic E-state index is 12.6. The number of anilines is 1. The molecule has 2 aromatic heterocycles. The fourth-order valence-corrected chi connectivity index (χ4v) is 4.52. The first-order chi connectivity index (χ1) is 15.3. The SMILES string of the molecule is COc1ccc(OC(C)c2nnc(SC(C)C(=O)Nc3nc(C)cs3)n2CC(C)C)cc1. The van der Waals surface area contributed by atoms with E-state index >= 15 is 0 Å². The van der Waals surface area contributed by atoms with Gasteiger partial charge in [0.2, 0.25) is 5.91 Å². The van der Waals surface area contributed by atoms with Crippen LogP contribution in [0.1, 0.15) is 45.3 Å². The smallest absolute Gasteiger partial charge is 0.239 e. The molecular formula is C22H29N5O3S2. The second-order valence-electron chi connectivity index (χ2n) is 7.82. The minimum Gasteiger partial charge on any atom is -0.497 e. The normalized spacial score (nSPS) is 13.1. The predicted octanol–water partition coefficient (Wildman–Crippen LogP) is 4.97. The first-order valence-corrected chi connectivity index (χ1v) is 12.2. The summed E-state index contributed by atoms with van der Waals surface area (Å²) < 4.78 is 13.3. The number of thioether (sulfide) groups is 1. The van der Waals surface area contributed by atoms with Crippen molar-refractivity contribution in [2.45, 2.75) is 57.7 Å². The van der Waals surface area contributed by atoms with E-state index in [9.17, 15) is 4.79 Å². The van der Waals surface area contributed by atoms with E-state index in [0.29, 0.717) is 16.2 Å². The van der Waals surface area contributed by atoms with Crippen molar-refractivity contribution in [3.05, 3.63) is 41.2 Å². The van der Waals surface area contributed by atoms with E-state index in [-0.39, 0.29) is 17.3 Å². The number of aromatic nitrogens is 4. The minimum atomic E-state index is -0.361. The van der Waals surface area contributed by atoms with Gasteiger partial charge in [0.1, 0.15) is 11.5 Å². The second kappa shape index (κ2) is 10.8. The van der Waals surface area contributed by atoms with Gasteiger partial charge in [-0.2, -0.15) is 0 Å². The standard InChI is InChI=1S/C22H29N5O3S2/c1-13(2)11-27-19(15(4)30-18-9-7-17(29-6)8-10-18)25-26-22(27)32-16(5)20(28)24-21-23-14(3)12-31-21/h7-10,12-13,15-16H,11H2,1-6H3,(H,23,24,28). The van der Waals surface area contributed by atoms with Crippen molar-refractivity contribution in [3.63, 3.8) is 0 Å². The molecule has 8 nitrogen and oxygen atoms in total. The van der Waals surface area contributed by atoms with Crippen LogP contribution in [-0.4, -0.2) is 38.0 Å². The van der Waals surface area contributed by atoms with E-state index in [1.54, 1.807) is 7.11 Å². The van der Waals surface area contributed by atoms with Crippen LogP contribution in [0.15, 0.2) is 34.8 Å². The van der Waals surface area contributed by atoms with E-state index in [1.807, 2.05) is 55.0 Å². The maximum absolute atomic E-state index is 12.6. The molecule has 0 aliphatic carbocycles. The van der Waals surface area contributed by atoms with Crippen LogP contribution in [0.3, 0.4) is 0 Å². The summed E-state index contributed by atoms with van der Waals surface area (Å²) in [5, 5.41) is 14.5. The largest absolute Gasteiger partial charge is 0.497 e. The molecule has 0 aliphatic rings. The lowest BCUT2D eigenvalue weighted by atomic mass is 10.2. The average Bonchev–Trinajstić information content (AvgIpc) is 3.34. The van der Waals surface area contributed by atoms with Crippen LogP contribution in [0.25, 0.3) is 0 Å². The minimum absolute atomic E-state index is 0.118. The molecule has 0 fully saturated rings. The molecule has 32 heavy (non-hydrogen) atoms. The van der Waals surface area contributed by atoms with Gasteiger partial charge >= 0.3 is 0 Å². The van der Waals surface area contributed by atoms with Crippen molar-refractivity contribution >= 4 is 34.1 Å². The molecule has 172 valence electrons. The zero-order chi connectivity index (χ0) is 23.3. The van der Waals surface area contributed by atoms with Crippen molar-refractivity contribution in [3.8, 4) is 11.5 Å². The molecule has 2 heterocycles. The predicted molar refractivity (Wildman–Crippen MR) is 128 cm³/mol. The lowest BCUT2D eigenvalue weighted by molar-refractivity contribution is -0.115. The van der Waals surface area contributed by atoms with Gasteiger partial charge < -0.3 is 19.4 Å². The molecule has 2 unspecified atom stereocenters. The third-order valence-electron chi connectivity index (χ3n) is 4.53. The second-order valence-corrected chi connectivity index (χ2v) is 9.99. The molecule has 1 amide bonds. The summed E-state index contributed by atoms with van der Waals surface area (Å²) in [4.78, 5) is 16.9. The molecule has 0 bridgehead atoms. The monoisotopic (exact) mass is 475 g/mol. The number of hydrogen-bond acceptors (Lipinski definition) is 8. The summed E-state index contributed by atoms with van der Waals surface area (Å²) in [6.45, 7) is 10.7. The van der Waals surface area contributed by atoms with Gasteiger partial charge in [-0.25, -0.2) is 4.98 Å². The van der Waals surface area contributed by atoms with Crippen molar-refractivity contribution in [2.24, 2.45) is 5.92 Å². The van der Waals surface area contributed by atoms with Crippen LogP contribution < -0.4 is 14.8 Å². The van der Waals surface area contributed by atoms with Gasteiger partial charge in [-0.1, -0.05) is 25.6 Å². The van der Waals surface area contributed by atoms with Gasteiger partial charge in [-0.15, -0.1) is 21.5 Å². The maximum Gasteiger partial charge on any atom is 0.239 e. The van der Waals surface area contributed by atoms with Gasteiger partial charge in [0.25, 0.3) is 0 Å². The van der Waals surface area contributed by atoms with Crippen molar-refractivity contribution < 1.29 is 14.3 Å².